The highest BCUT2D eigenvalue weighted by molar-refractivity contribution is 5.80. The van der Waals surface area contributed by atoms with Crippen LogP contribution in [0.2, 0.25) is 0 Å². The number of anilines is 1. The fourth-order valence-electron chi connectivity index (χ4n) is 3.57. The number of fused-ring (bicyclic) bond motifs is 2. The van der Waals surface area contributed by atoms with E-state index in [4.69, 9.17) is 9.47 Å². The van der Waals surface area contributed by atoms with Gasteiger partial charge in [0.2, 0.25) is 11.9 Å². The molecule has 3 aliphatic rings. The van der Waals surface area contributed by atoms with Gasteiger partial charge < -0.3 is 19.3 Å². The molecule has 3 saturated heterocycles. The summed E-state index contributed by atoms with van der Waals surface area (Å²) in [5.41, 5.74) is 0. The molecular formula is C15H19FN4O3. The lowest BCUT2D eigenvalue weighted by Gasteiger charge is -2.34. The van der Waals surface area contributed by atoms with Crippen molar-refractivity contribution < 1.29 is 18.7 Å². The van der Waals surface area contributed by atoms with E-state index in [1.54, 1.807) is 0 Å². The summed E-state index contributed by atoms with van der Waals surface area (Å²) in [6.45, 7) is 3.69. The van der Waals surface area contributed by atoms with Gasteiger partial charge >= 0.3 is 0 Å². The monoisotopic (exact) mass is 322 g/mol. The van der Waals surface area contributed by atoms with Crippen LogP contribution < -0.4 is 4.90 Å². The third-order valence-corrected chi connectivity index (χ3v) is 4.69. The van der Waals surface area contributed by atoms with Crippen LogP contribution in [-0.2, 0) is 14.3 Å². The molecule has 23 heavy (non-hydrogen) atoms. The quantitative estimate of drug-likeness (QED) is 0.767. The van der Waals surface area contributed by atoms with Gasteiger partial charge in [-0.3, -0.25) is 4.79 Å². The van der Waals surface area contributed by atoms with Crippen molar-refractivity contribution >= 4 is 11.9 Å². The van der Waals surface area contributed by atoms with Gasteiger partial charge in [0.15, 0.2) is 5.82 Å². The normalized spacial score (nSPS) is 30.6. The van der Waals surface area contributed by atoms with Crippen LogP contribution in [0.3, 0.4) is 0 Å². The van der Waals surface area contributed by atoms with Crippen molar-refractivity contribution in [1.29, 1.82) is 0 Å². The first-order chi connectivity index (χ1) is 11.2. The van der Waals surface area contributed by atoms with Gasteiger partial charge in [-0.25, -0.2) is 14.4 Å². The molecule has 0 unspecified atom stereocenters. The Labute approximate surface area is 133 Å². The van der Waals surface area contributed by atoms with E-state index in [9.17, 15) is 9.18 Å². The number of amides is 1. The van der Waals surface area contributed by atoms with E-state index >= 15 is 0 Å². The minimum absolute atomic E-state index is 0.00241. The van der Waals surface area contributed by atoms with Crippen LogP contribution in [-0.4, -0.2) is 72.4 Å². The average molecular weight is 322 g/mol. The Kier molecular flexibility index (Phi) is 3.86. The molecule has 3 aliphatic heterocycles. The van der Waals surface area contributed by atoms with E-state index in [0.29, 0.717) is 45.3 Å². The first-order valence-electron chi connectivity index (χ1n) is 7.95. The van der Waals surface area contributed by atoms with Crippen molar-refractivity contribution in [3.8, 4) is 0 Å². The number of carbonyl (C=O) groups is 1. The van der Waals surface area contributed by atoms with E-state index in [0.717, 1.165) is 18.8 Å². The summed E-state index contributed by atoms with van der Waals surface area (Å²) in [5, 5.41) is 0. The highest BCUT2D eigenvalue weighted by Crippen LogP contribution is 2.34. The molecule has 0 radical (unpaired) electrons. The van der Waals surface area contributed by atoms with Crippen molar-refractivity contribution in [2.45, 2.75) is 18.6 Å². The molecule has 0 spiro atoms. The molecule has 0 N–H and O–H groups in total. The van der Waals surface area contributed by atoms with Crippen LogP contribution in [0.5, 0.6) is 0 Å². The summed E-state index contributed by atoms with van der Waals surface area (Å²) in [7, 11) is 0. The van der Waals surface area contributed by atoms with Gasteiger partial charge in [0.05, 0.1) is 43.7 Å². The van der Waals surface area contributed by atoms with Crippen molar-refractivity contribution in [2.24, 2.45) is 5.92 Å². The highest BCUT2D eigenvalue weighted by Gasteiger charge is 2.46. The summed E-state index contributed by atoms with van der Waals surface area (Å²) < 4.78 is 24.2. The second kappa shape index (κ2) is 6.01. The lowest BCUT2D eigenvalue weighted by molar-refractivity contribution is -0.141. The van der Waals surface area contributed by atoms with Gasteiger partial charge in [0, 0.05) is 26.2 Å². The number of rotatable bonds is 2. The number of hydrogen-bond donors (Lipinski definition) is 0. The molecule has 8 heteroatoms. The van der Waals surface area contributed by atoms with E-state index in [1.165, 1.54) is 0 Å². The van der Waals surface area contributed by atoms with Crippen LogP contribution in [0, 0.1) is 11.7 Å². The maximum Gasteiger partial charge on any atom is 0.228 e. The summed E-state index contributed by atoms with van der Waals surface area (Å²) in [4.78, 5) is 24.6. The minimum atomic E-state index is -0.453. The lowest BCUT2D eigenvalue weighted by Crippen LogP contribution is -2.48. The van der Waals surface area contributed by atoms with E-state index in [1.807, 2.05) is 9.80 Å². The third kappa shape index (κ3) is 2.88. The van der Waals surface area contributed by atoms with Crippen LogP contribution >= 0.6 is 0 Å². The van der Waals surface area contributed by atoms with Gasteiger partial charge in [0.25, 0.3) is 0 Å². The predicted octanol–water partition coefficient (Wildman–Crippen LogP) is 0.0682. The molecular weight excluding hydrogens is 303 g/mol. The Balaban J connectivity index is 1.45. The predicted molar refractivity (Wildman–Crippen MR) is 78.4 cm³/mol. The Morgan fingerprint density at radius 3 is 2.70 bits per heavy atom. The second-order valence-electron chi connectivity index (χ2n) is 6.18. The molecule has 0 aromatic carbocycles. The van der Waals surface area contributed by atoms with E-state index < -0.39 is 5.82 Å². The zero-order chi connectivity index (χ0) is 15.8. The topological polar surface area (TPSA) is 67.8 Å². The number of morpholine rings is 2. The van der Waals surface area contributed by atoms with Crippen LogP contribution in [0.15, 0.2) is 12.4 Å². The standard InChI is InChI=1S/C15H19FN4O3/c16-10-6-17-15(18-7-10)20-8-11-5-12(13(9-20)23-11)14(21)19-1-3-22-4-2-19/h6-7,11-13H,1-5,8-9H2/t11-,12+,13-/m0/s1. The van der Waals surface area contributed by atoms with Gasteiger partial charge in [-0.15, -0.1) is 0 Å². The summed E-state index contributed by atoms with van der Waals surface area (Å²) in [6, 6.07) is 0. The summed E-state index contributed by atoms with van der Waals surface area (Å²) in [6.07, 6.45) is 2.89. The first kappa shape index (κ1) is 14.8. The Bertz CT molecular complexity index is 579. The van der Waals surface area contributed by atoms with Crippen molar-refractivity contribution in [3.05, 3.63) is 18.2 Å². The molecule has 3 fully saturated rings. The summed E-state index contributed by atoms with van der Waals surface area (Å²) >= 11 is 0. The molecule has 4 heterocycles. The SMILES string of the molecule is O=C([C@@H]1C[C@H]2CN(c3ncc(F)cn3)C[C@@H]1O2)N1CCOCC1. The Hall–Kier alpha value is -1.80. The first-order valence-corrected chi connectivity index (χ1v) is 7.95. The van der Waals surface area contributed by atoms with E-state index in [-0.39, 0.29) is 24.0 Å². The number of ether oxygens (including phenoxy) is 2. The molecule has 4 rings (SSSR count). The lowest BCUT2D eigenvalue weighted by atomic mass is 9.98. The smallest absolute Gasteiger partial charge is 0.228 e. The number of carbonyl (C=O) groups excluding carboxylic acids is 1. The van der Waals surface area contributed by atoms with Gasteiger partial charge in [-0.05, 0) is 6.42 Å². The molecule has 124 valence electrons. The third-order valence-electron chi connectivity index (χ3n) is 4.69. The zero-order valence-electron chi connectivity index (χ0n) is 12.7. The Morgan fingerprint density at radius 1 is 1.22 bits per heavy atom. The zero-order valence-corrected chi connectivity index (χ0v) is 12.7. The Morgan fingerprint density at radius 2 is 1.96 bits per heavy atom. The molecule has 1 aromatic rings. The van der Waals surface area contributed by atoms with Crippen LogP contribution in [0.4, 0.5) is 10.3 Å². The molecule has 3 atom stereocenters. The number of hydrogen-bond acceptors (Lipinski definition) is 6. The van der Waals surface area contributed by atoms with Gasteiger partial charge in [0.1, 0.15) is 0 Å². The molecule has 0 saturated carbocycles. The van der Waals surface area contributed by atoms with Crippen molar-refractivity contribution in [3.63, 3.8) is 0 Å². The second-order valence-corrected chi connectivity index (χ2v) is 6.18. The largest absolute Gasteiger partial charge is 0.378 e. The van der Waals surface area contributed by atoms with Crippen LogP contribution in [0.1, 0.15) is 6.42 Å². The molecule has 1 amide bonds. The highest BCUT2D eigenvalue weighted by atomic mass is 19.1. The summed E-state index contributed by atoms with van der Waals surface area (Å²) in [5.74, 6) is 0.0701. The number of aromatic nitrogens is 2. The maximum atomic E-state index is 13.0. The molecule has 0 aliphatic carbocycles. The van der Waals surface area contributed by atoms with Gasteiger partial charge in [-0.2, -0.15) is 0 Å². The van der Waals surface area contributed by atoms with Crippen LogP contribution in [0.25, 0.3) is 0 Å². The number of halogens is 1. The molecule has 7 nitrogen and oxygen atoms in total. The maximum absolute atomic E-state index is 13.0. The average Bonchev–Trinajstić information content (AvgIpc) is 2.89. The van der Waals surface area contributed by atoms with Crippen molar-refractivity contribution in [2.75, 3.05) is 44.3 Å². The van der Waals surface area contributed by atoms with Crippen molar-refractivity contribution in [1.82, 2.24) is 14.9 Å². The number of nitrogens with zero attached hydrogens (tertiary/aromatic N) is 4. The molecule has 2 bridgehead atoms. The fourth-order valence-corrected chi connectivity index (χ4v) is 3.57. The van der Waals surface area contributed by atoms with Gasteiger partial charge in [-0.1, -0.05) is 0 Å². The minimum Gasteiger partial charge on any atom is -0.378 e. The van der Waals surface area contributed by atoms with E-state index in [2.05, 4.69) is 9.97 Å². The molecule has 1 aromatic heterocycles. The fraction of sp³-hybridized carbons (Fsp3) is 0.667.